The number of rotatable bonds is 3. The summed E-state index contributed by atoms with van der Waals surface area (Å²) in [5.41, 5.74) is -1.53. The Labute approximate surface area is 117 Å². The summed E-state index contributed by atoms with van der Waals surface area (Å²) in [6.45, 7) is 1.34. The standard InChI is InChI=1S/C12H13F4N3O2/c1-6(10(20)19-11(21)17-2)18-7-3-4-9(13)8(5-7)12(14,15)16/h3-6,18H,1-2H3,(H2,17,19,20,21)/t6-/m1/s1. The van der Waals surface area contributed by atoms with Crippen molar-refractivity contribution in [3.63, 3.8) is 0 Å². The van der Waals surface area contributed by atoms with Crippen molar-refractivity contribution in [2.75, 3.05) is 12.4 Å². The Bertz CT molecular complexity index is 546. The molecule has 0 bridgehead atoms. The van der Waals surface area contributed by atoms with E-state index in [9.17, 15) is 27.2 Å². The Hall–Kier alpha value is -2.32. The first kappa shape index (κ1) is 16.7. The van der Waals surface area contributed by atoms with Gasteiger partial charge < -0.3 is 10.6 Å². The SMILES string of the molecule is CNC(=O)NC(=O)[C@@H](C)Nc1ccc(F)c(C(F)(F)F)c1. The summed E-state index contributed by atoms with van der Waals surface area (Å²) in [5, 5.41) is 6.56. The maximum Gasteiger partial charge on any atom is 0.419 e. The van der Waals surface area contributed by atoms with E-state index in [1.807, 2.05) is 5.32 Å². The van der Waals surface area contributed by atoms with E-state index in [1.54, 1.807) is 0 Å². The van der Waals surface area contributed by atoms with Crippen LogP contribution >= 0.6 is 0 Å². The van der Waals surface area contributed by atoms with Gasteiger partial charge >= 0.3 is 12.2 Å². The Kier molecular flexibility index (Phi) is 5.12. The third-order valence-corrected chi connectivity index (χ3v) is 2.51. The molecule has 1 rings (SSSR count). The van der Waals surface area contributed by atoms with Gasteiger partial charge in [0.1, 0.15) is 11.9 Å². The predicted octanol–water partition coefficient (Wildman–Crippen LogP) is 2.10. The van der Waals surface area contributed by atoms with Gasteiger partial charge in [-0.15, -0.1) is 0 Å². The Morgan fingerprint density at radius 3 is 2.38 bits per heavy atom. The number of carbonyl (C=O) groups is 2. The molecule has 1 aromatic carbocycles. The minimum Gasteiger partial charge on any atom is -0.374 e. The van der Waals surface area contributed by atoms with Gasteiger partial charge in [-0.25, -0.2) is 9.18 Å². The lowest BCUT2D eigenvalue weighted by Crippen LogP contribution is -2.44. The monoisotopic (exact) mass is 307 g/mol. The normalized spacial score (nSPS) is 12.5. The van der Waals surface area contributed by atoms with Gasteiger partial charge in [0, 0.05) is 12.7 Å². The number of alkyl halides is 3. The molecule has 0 fully saturated rings. The summed E-state index contributed by atoms with van der Waals surface area (Å²) in [4.78, 5) is 22.5. The molecule has 0 unspecified atom stereocenters. The highest BCUT2D eigenvalue weighted by Gasteiger charge is 2.34. The molecule has 3 N–H and O–H groups in total. The van der Waals surface area contributed by atoms with Gasteiger partial charge in [-0.1, -0.05) is 0 Å². The Morgan fingerprint density at radius 2 is 1.86 bits per heavy atom. The van der Waals surface area contributed by atoms with E-state index in [0.29, 0.717) is 12.1 Å². The molecule has 0 aliphatic carbocycles. The average Bonchev–Trinajstić information content (AvgIpc) is 2.39. The van der Waals surface area contributed by atoms with Crippen molar-refractivity contribution in [3.05, 3.63) is 29.6 Å². The quantitative estimate of drug-likeness (QED) is 0.749. The van der Waals surface area contributed by atoms with Crippen LogP contribution in [0.1, 0.15) is 12.5 Å². The van der Waals surface area contributed by atoms with Crippen LogP contribution in [0.15, 0.2) is 18.2 Å². The summed E-state index contributed by atoms with van der Waals surface area (Å²) in [7, 11) is 1.30. The van der Waals surface area contributed by atoms with Crippen LogP contribution in [0.5, 0.6) is 0 Å². The number of urea groups is 1. The zero-order valence-corrected chi connectivity index (χ0v) is 11.1. The van der Waals surface area contributed by atoms with Crippen molar-refractivity contribution in [2.24, 2.45) is 0 Å². The molecule has 0 radical (unpaired) electrons. The molecule has 0 spiro atoms. The Morgan fingerprint density at radius 1 is 1.24 bits per heavy atom. The molecule has 5 nitrogen and oxygen atoms in total. The highest BCUT2D eigenvalue weighted by molar-refractivity contribution is 5.97. The zero-order chi connectivity index (χ0) is 16.2. The topological polar surface area (TPSA) is 70.2 Å². The van der Waals surface area contributed by atoms with Crippen LogP contribution < -0.4 is 16.0 Å². The van der Waals surface area contributed by atoms with Gasteiger partial charge in [0.15, 0.2) is 0 Å². The molecule has 3 amide bonds. The van der Waals surface area contributed by atoms with Crippen molar-refractivity contribution >= 4 is 17.6 Å². The number of hydrogen-bond donors (Lipinski definition) is 3. The fourth-order valence-electron chi connectivity index (χ4n) is 1.43. The number of amides is 3. The number of hydrogen-bond acceptors (Lipinski definition) is 3. The molecule has 1 aromatic rings. The van der Waals surface area contributed by atoms with Crippen LogP contribution in [0, 0.1) is 5.82 Å². The fraction of sp³-hybridized carbons (Fsp3) is 0.333. The van der Waals surface area contributed by atoms with Gasteiger partial charge in [-0.05, 0) is 25.1 Å². The lowest BCUT2D eigenvalue weighted by Gasteiger charge is -2.16. The number of halogens is 4. The number of benzene rings is 1. The largest absolute Gasteiger partial charge is 0.419 e. The van der Waals surface area contributed by atoms with Crippen LogP contribution in [0.4, 0.5) is 28.0 Å². The first-order valence-corrected chi connectivity index (χ1v) is 5.81. The Balaban J connectivity index is 2.84. The number of imide groups is 1. The molecule has 0 heterocycles. The van der Waals surface area contributed by atoms with Gasteiger partial charge in [-0.2, -0.15) is 13.2 Å². The molecule has 116 valence electrons. The lowest BCUT2D eigenvalue weighted by molar-refractivity contribution is -0.139. The molecule has 0 saturated heterocycles. The molecule has 0 aliphatic heterocycles. The molecule has 0 aromatic heterocycles. The smallest absolute Gasteiger partial charge is 0.374 e. The van der Waals surface area contributed by atoms with Crippen molar-refractivity contribution < 1.29 is 27.2 Å². The second kappa shape index (κ2) is 6.42. The molecular weight excluding hydrogens is 294 g/mol. The highest BCUT2D eigenvalue weighted by Crippen LogP contribution is 2.33. The van der Waals surface area contributed by atoms with Crippen LogP contribution in [0.3, 0.4) is 0 Å². The number of nitrogens with one attached hydrogen (secondary N) is 3. The van der Waals surface area contributed by atoms with E-state index in [4.69, 9.17) is 0 Å². The van der Waals surface area contributed by atoms with Crippen molar-refractivity contribution in [1.29, 1.82) is 0 Å². The van der Waals surface area contributed by atoms with Crippen LogP contribution in [-0.4, -0.2) is 25.0 Å². The molecule has 21 heavy (non-hydrogen) atoms. The molecule has 9 heteroatoms. The minimum atomic E-state index is -4.84. The van der Waals surface area contributed by atoms with E-state index >= 15 is 0 Å². The van der Waals surface area contributed by atoms with Crippen LogP contribution in [0.2, 0.25) is 0 Å². The second-order valence-corrected chi connectivity index (χ2v) is 4.13. The van der Waals surface area contributed by atoms with Crippen molar-refractivity contribution in [3.8, 4) is 0 Å². The van der Waals surface area contributed by atoms with Gasteiger partial charge in [0.05, 0.1) is 5.56 Å². The van der Waals surface area contributed by atoms with Gasteiger partial charge in [0.25, 0.3) is 0 Å². The summed E-state index contributed by atoms with van der Waals surface area (Å²) in [5.74, 6) is -2.15. The molecular formula is C12H13F4N3O2. The summed E-state index contributed by atoms with van der Waals surface area (Å²) in [6.07, 6.45) is -4.84. The summed E-state index contributed by atoms with van der Waals surface area (Å²) < 4.78 is 50.7. The first-order chi connectivity index (χ1) is 9.65. The summed E-state index contributed by atoms with van der Waals surface area (Å²) >= 11 is 0. The van der Waals surface area contributed by atoms with Crippen LogP contribution in [-0.2, 0) is 11.0 Å². The first-order valence-electron chi connectivity index (χ1n) is 5.81. The third kappa shape index (κ3) is 4.62. The van der Waals surface area contributed by atoms with Gasteiger partial charge in [0.2, 0.25) is 5.91 Å². The number of anilines is 1. The van der Waals surface area contributed by atoms with Crippen molar-refractivity contribution in [2.45, 2.75) is 19.1 Å². The van der Waals surface area contributed by atoms with E-state index in [1.165, 1.54) is 14.0 Å². The molecule has 1 atom stereocenters. The van der Waals surface area contributed by atoms with E-state index in [2.05, 4.69) is 10.6 Å². The van der Waals surface area contributed by atoms with E-state index in [-0.39, 0.29) is 5.69 Å². The fourth-order valence-corrected chi connectivity index (χ4v) is 1.43. The minimum absolute atomic E-state index is 0.0942. The van der Waals surface area contributed by atoms with Crippen molar-refractivity contribution in [1.82, 2.24) is 10.6 Å². The molecule has 0 saturated carbocycles. The zero-order valence-electron chi connectivity index (χ0n) is 11.1. The highest BCUT2D eigenvalue weighted by atomic mass is 19.4. The predicted molar refractivity (Wildman–Crippen MR) is 67.1 cm³/mol. The van der Waals surface area contributed by atoms with Crippen LogP contribution in [0.25, 0.3) is 0 Å². The third-order valence-electron chi connectivity index (χ3n) is 2.51. The lowest BCUT2D eigenvalue weighted by atomic mass is 10.1. The van der Waals surface area contributed by atoms with Gasteiger partial charge in [-0.3, -0.25) is 10.1 Å². The number of carbonyl (C=O) groups excluding carboxylic acids is 2. The van der Waals surface area contributed by atoms with E-state index in [0.717, 1.165) is 6.07 Å². The average molecular weight is 307 g/mol. The second-order valence-electron chi connectivity index (χ2n) is 4.13. The maximum atomic E-state index is 13.1. The van der Waals surface area contributed by atoms with E-state index < -0.39 is 35.5 Å². The maximum absolute atomic E-state index is 13.1. The molecule has 0 aliphatic rings. The summed E-state index contributed by atoms with van der Waals surface area (Å²) in [6, 6.07) is 0.527.